The second-order valence-corrected chi connectivity index (χ2v) is 12.3. The fraction of sp³-hybridized carbons (Fsp3) is 0.441. The van der Waals surface area contributed by atoms with E-state index in [1.165, 1.54) is 18.4 Å². The van der Waals surface area contributed by atoms with Gasteiger partial charge in [0, 0.05) is 36.3 Å². The standard InChI is InChI=1S/C34H42N2O5S/c1-6-7-8-9-24(3)30-21-29(32(42-30)34(39)41-5)36(33(38)26-14-10-23(2)11-15-26)27-18-19-35(31(37)20-27)22-25-12-16-28(40-4)17-13-25/h6-9,12-13,16-17,21,23,26-27H,1,10-11,14-15,18-20,22H2,2-5H3/b8-7+,24-9+. The van der Waals surface area contributed by atoms with Gasteiger partial charge in [0.15, 0.2) is 0 Å². The molecule has 42 heavy (non-hydrogen) atoms. The van der Waals surface area contributed by atoms with E-state index in [9.17, 15) is 14.4 Å². The third-order valence-electron chi connectivity index (χ3n) is 8.32. The number of benzene rings is 1. The highest BCUT2D eigenvalue weighted by Crippen LogP contribution is 2.40. The molecule has 224 valence electrons. The number of amides is 2. The van der Waals surface area contributed by atoms with Crippen LogP contribution in [0.1, 0.15) is 72.5 Å². The lowest BCUT2D eigenvalue weighted by molar-refractivity contribution is -0.135. The van der Waals surface area contributed by atoms with Gasteiger partial charge in [-0.3, -0.25) is 9.59 Å². The van der Waals surface area contributed by atoms with E-state index in [2.05, 4.69) is 13.5 Å². The summed E-state index contributed by atoms with van der Waals surface area (Å²) in [4.78, 5) is 45.7. The molecule has 1 saturated heterocycles. The van der Waals surface area contributed by atoms with Gasteiger partial charge in [0.1, 0.15) is 10.6 Å². The van der Waals surface area contributed by atoms with Crippen molar-refractivity contribution in [3.63, 3.8) is 0 Å². The molecule has 2 aliphatic rings. The molecule has 0 radical (unpaired) electrons. The van der Waals surface area contributed by atoms with Gasteiger partial charge in [-0.15, -0.1) is 11.3 Å². The number of thiophene rings is 1. The average Bonchev–Trinajstić information content (AvgIpc) is 3.44. The van der Waals surface area contributed by atoms with Gasteiger partial charge in [0.25, 0.3) is 0 Å². The van der Waals surface area contributed by atoms with Crippen LogP contribution < -0.4 is 9.64 Å². The Bertz CT molecular complexity index is 1330. The molecule has 4 rings (SSSR count). The predicted molar refractivity (Wildman–Crippen MR) is 169 cm³/mol. The van der Waals surface area contributed by atoms with E-state index >= 15 is 0 Å². The molecule has 2 fully saturated rings. The maximum Gasteiger partial charge on any atom is 0.350 e. The lowest BCUT2D eigenvalue weighted by Gasteiger charge is -2.40. The molecule has 1 aliphatic carbocycles. The molecule has 1 aromatic carbocycles. The highest BCUT2D eigenvalue weighted by atomic mass is 32.1. The van der Waals surface area contributed by atoms with E-state index in [-0.39, 0.29) is 30.2 Å². The van der Waals surface area contributed by atoms with Crippen LogP contribution in [0.4, 0.5) is 5.69 Å². The molecule has 7 nitrogen and oxygen atoms in total. The summed E-state index contributed by atoms with van der Waals surface area (Å²) in [5.41, 5.74) is 2.53. The van der Waals surface area contributed by atoms with Crippen molar-refractivity contribution in [1.82, 2.24) is 4.90 Å². The van der Waals surface area contributed by atoms with Crippen LogP contribution in [0.15, 0.2) is 61.2 Å². The van der Waals surface area contributed by atoms with Crippen LogP contribution in [0.25, 0.3) is 5.57 Å². The Kier molecular flexibility index (Phi) is 10.8. The molecule has 1 unspecified atom stereocenters. The van der Waals surface area contributed by atoms with Crippen molar-refractivity contribution >= 4 is 40.4 Å². The Morgan fingerprint density at radius 2 is 1.81 bits per heavy atom. The zero-order chi connectivity index (χ0) is 30.2. The molecule has 0 N–H and O–H groups in total. The van der Waals surface area contributed by atoms with Gasteiger partial charge in [0.05, 0.1) is 19.9 Å². The van der Waals surface area contributed by atoms with Crippen LogP contribution >= 0.6 is 11.3 Å². The number of carbonyl (C=O) groups is 3. The van der Waals surface area contributed by atoms with Gasteiger partial charge in [-0.1, -0.05) is 49.9 Å². The lowest BCUT2D eigenvalue weighted by atomic mass is 9.82. The van der Waals surface area contributed by atoms with Crippen LogP contribution in [-0.4, -0.2) is 49.5 Å². The number of piperidine rings is 1. The Hall–Kier alpha value is -3.65. The number of allylic oxidation sites excluding steroid dienone is 5. The number of rotatable bonds is 10. The highest BCUT2D eigenvalue weighted by Gasteiger charge is 2.39. The Morgan fingerprint density at radius 3 is 2.43 bits per heavy atom. The van der Waals surface area contributed by atoms with Gasteiger partial charge >= 0.3 is 5.97 Å². The summed E-state index contributed by atoms with van der Waals surface area (Å²) < 4.78 is 10.4. The van der Waals surface area contributed by atoms with Crippen molar-refractivity contribution in [3.8, 4) is 5.75 Å². The number of hydrogen-bond donors (Lipinski definition) is 0. The van der Waals surface area contributed by atoms with Crippen molar-refractivity contribution in [2.45, 2.75) is 65.0 Å². The third-order valence-corrected chi connectivity index (χ3v) is 9.56. The van der Waals surface area contributed by atoms with E-state index in [0.29, 0.717) is 36.0 Å². The van der Waals surface area contributed by atoms with Gasteiger partial charge in [-0.05, 0) is 74.3 Å². The first-order chi connectivity index (χ1) is 20.2. The Balaban J connectivity index is 1.66. The van der Waals surface area contributed by atoms with E-state index in [1.54, 1.807) is 18.1 Å². The first-order valence-corrected chi connectivity index (χ1v) is 15.5. The summed E-state index contributed by atoms with van der Waals surface area (Å²) in [6.45, 7) is 8.94. The number of likely N-dealkylation sites (tertiary alicyclic amines) is 1. The van der Waals surface area contributed by atoms with Crippen LogP contribution in [0.3, 0.4) is 0 Å². The number of ether oxygens (including phenoxy) is 2. The number of nitrogens with zero attached hydrogens (tertiary/aromatic N) is 2. The van der Waals surface area contributed by atoms with Crippen molar-refractivity contribution in [3.05, 3.63) is 76.5 Å². The molecule has 1 atom stereocenters. The van der Waals surface area contributed by atoms with Gasteiger partial charge in [-0.2, -0.15) is 0 Å². The van der Waals surface area contributed by atoms with Crippen LogP contribution in [-0.2, 0) is 20.9 Å². The monoisotopic (exact) mass is 590 g/mol. The molecule has 1 saturated carbocycles. The summed E-state index contributed by atoms with van der Waals surface area (Å²) in [7, 11) is 2.99. The first-order valence-electron chi connectivity index (χ1n) is 14.7. The van der Waals surface area contributed by atoms with Crippen molar-refractivity contribution in [2.75, 3.05) is 25.7 Å². The summed E-state index contributed by atoms with van der Waals surface area (Å²) in [6.07, 6.45) is 11.8. The van der Waals surface area contributed by atoms with Crippen LogP contribution in [0, 0.1) is 11.8 Å². The van der Waals surface area contributed by atoms with Gasteiger partial charge in [0.2, 0.25) is 11.8 Å². The van der Waals surface area contributed by atoms with Crippen molar-refractivity contribution in [1.29, 1.82) is 0 Å². The lowest BCUT2D eigenvalue weighted by Crippen LogP contribution is -2.51. The van der Waals surface area contributed by atoms with Crippen LogP contribution in [0.2, 0.25) is 0 Å². The zero-order valence-electron chi connectivity index (χ0n) is 25.1. The van der Waals surface area contributed by atoms with E-state index in [4.69, 9.17) is 9.47 Å². The molecule has 0 bridgehead atoms. The highest BCUT2D eigenvalue weighted by molar-refractivity contribution is 7.15. The number of anilines is 1. The third kappa shape index (κ3) is 7.40. The molecule has 0 spiro atoms. The van der Waals surface area contributed by atoms with E-state index < -0.39 is 5.97 Å². The fourth-order valence-corrected chi connectivity index (χ4v) is 6.80. The Labute approximate surface area is 253 Å². The quantitative estimate of drug-likeness (QED) is 0.219. The minimum absolute atomic E-state index is 0.00200. The molecule has 8 heteroatoms. The molecule has 2 aromatic rings. The topological polar surface area (TPSA) is 76.2 Å². The molecule has 1 aliphatic heterocycles. The maximum atomic E-state index is 14.3. The number of methoxy groups -OCH3 is 2. The average molecular weight is 591 g/mol. The molecule has 2 heterocycles. The summed E-state index contributed by atoms with van der Waals surface area (Å²) in [6, 6.07) is 9.30. The first kappa shape index (κ1) is 31.3. The second kappa shape index (κ2) is 14.5. The summed E-state index contributed by atoms with van der Waals surface area (Å²) in [5, 5.41) is 0. The predicted octanol–water partition coefficient (Wildman–Crippen LogP) is 7.04. The molecular formula is C34H42N2O5S. The molecular weight excluding hydrogens is 548 g/mol. The fourth-order valence-electron chi connectivity index (χ4n) is 5.75. The number of carbonyl (C=O) groups excluding carboxylic acids is 3. The van der Waals surface area contributed by atoms with E-state index in [1.807, 2.05) is 60.4 Å². The molecule has 2 amide bonds. The number of hydrogen-bond acceptors (Lipinski definition) is 6. The number of esters is 1. The smallest absolute Gasteiger partial charge is 0.350 e. The molecule has 1 aromatic heterocycles. The van der Waals surface area contributed by atoms with Crippen molar-refractivity contribution < 1.29 is 23.9 Å². The second-order valence-electron chi connectivity index (χ2n) is 11.3. The van der Waals surface area contributed by atoms with Crippen LogP contribution in [0.5, 0.6) is 5.75 Å². The minimum Gasteiger partial charge on any atom is -0.497 e. The maximum absolute atomic E-state index is 14.3. The van der Waals surface area contributed by atoms with E-state index in [0.717, 1.165) is 47.4 Å². The van der Waals surface area contributed by atoms with Crippen molar-refractivity contribution in [2.24, 2.45) is 11.8 Å². The SMILES string of the molecule is C=C/C=C/C=C(\C)c1cc(N(C(=O)C2CCC(C)CC2)C2CCN(Cc3ccc(OC)cc3)C(=O)C2)c(C(=O)OC)s1. The van der Waals surface area contributed by atoms with Gasteiger partial charge in [-0.25, -0.2) is 4.79 Å². The zero-order valence-corrected chi connectivity index (χ0v) is 26.0. The summed E-state index contributed by atoms with van der Waals surface area (Å²) >= 11 is 1.32. The normalized spacial score (nSPS) is 21.3. The minimum atomic E-state index is -0.478. The summed E-state index contributed by atoms with van der Waals surface area (Å²) in [5.74, 6) is 0.765. The Morgan fingerprint density at radius 1 is 1.10 bits per heavy atom. The van der Waals surface area contributed by atoms with Gasteiger partial charge < -0.3 is 19.3 Å². The largest absolute Gasteiger partial charge is 0.497 e.